The summed E-state index contributed by atoms with van der Waals surface area (Å²) >= 11 is 0. The van der Waals surface area contributed by atoms with Gasteiger partial charge in [-0.1, -0.05) is 30.3 Å². The molecule has 6 nitrogen and oxygen atoms in total. The smallest absolute Gasteiger partial charge is 0.245 e. The summed E-state index contributed by atoms with van der Waals surface area (Å²) in [5, 5.41) is 3.29. The molecule has 2 N–H and O–H groups in total. The number of benzene rings is 2. The quantitative estimate of drug-likeness (QED) is 0.831. The number of ether oxygens (including phenoxy) is 2. The molecular weight excluding hydrogens is 342 g/mol. The maximum absolute atomic E-state index is 12.8. The number of piperazine rings is 1. The van der Waals surface area contributed by atoms with E-state index in [1.165, 1.54) is 10.5 Å². The Morgan fingerprint density at radius 1 is 1.11 bits per heavy atom. The highest BCUT2D eigenvalue weighted by Crippen LogP contribution is 2.34. The van der Waals surface area contributed by atoms with Crippen LogP contribution < -0.4 is 19.7 Å². The van der Waals surface area contributed by atoms with Crippen LogP contribution >= 0.6 is 0 Å². The van der Waals surface area contributed by atoms with E-state index in [9.17, 15) is 4.79 Å². The molecule has 1 atom stereocenters. The van der Waals surface area contributed by atoms with Crippen LogP contribution in [0.3, 0.4) is 0 Å². The van der Waals surface area contributed by atoms with E-state index in [0.29, 0.717) is 0 Å². The zero-order valence-electron chi connectivity index (χ0n) is 15.6. The van der Waals surface area contributed by atoms with Gasteiger partial charge in [-0.05, 0) is 19.1 Å². The largest absolute Gasteiger partial charge is 0.454 e. The maximum Gasteiger partial charge on any atom is 0.245 e. The van der Waals surface area contributed by atoms with Crippen LogP contribution in [0, 0.1) is 0 Å². The molecule has 1 fully saturated rings. The second-order valence-corrected chi connectivity index (χ2v) is 7.17. The Bertz CT molecular complexity index is 789. The van der Waals surface area contributed by atoms with Crippen LogP contribution in [0.1, 0.15) is 12.5 Å². The topological polar surface area (TPSA) is 55.2 Å². The number of amides is 1. The highest BCUT2D eigenvalue weighted by atomic mass is 16.7. The summed E-state index contributed by atoms with van der Waals surface area (Å²) < 4.78 is 10.7. The Labute approximate surface area is 159 Å². The molecule has 2 heterocycles. The van der Waals surface area contributed by atoms with Crippen LogP contribution in [0.2, 0.25) is 0 Å². The monoisotopic (exact) mass is 368 g/mol. The Morgan fingerprint density at radius 2 is 1.85 bits per heavy atom. The van der Waals surface area contributed by atoms with Crippen molar-refractivity contribution in [2.45, 2.75) is 19.5 Å². The first-order chi connectivity index (χ1) is 13.2. The molecule has 0 unspecified atom stereocenters. The van der Waals surface area contributed by atoms with Crippen LogP contribution in [0.4, 0.5) is 5.69 Å². The van der Waals surface area contributed by atoms with Gasteiger partial charge in [0, 0.05) is 17.3 Å². The van der Waals surface area contributed by atoms with Crippen molar-refractivity contribution in [3.63, 3.8) is 0 Å². The van der Waals surface area contributed by atoms with Gasteiger partial charge in [0.05, 0.1) is 26.2 Å². The van der Waals surface area contributed by atoms with Gasteiger partial charge in [0.1, 0.15) is 12.6 Å². The molecule has 2 aromatic rings. The zero-order valence-corrected chi connectivity index (χ0v) is 15.6. The summed E-state index contributed by atoms with van der Waals surface area (Å²) in [5.41, 5.74) is 2.22. The van der Waals surface area contributed by atoms with Crippen LogP contribution in [0.5, 0.6) is 11.5 Å². The lowest BCUT2D eigenvalue weighted by atomic mass is 10.2. The van der Waals surface area contributed by atoms with E-state index in [2.05, 4.69) is 29.6 Å². The first-order valence-electron chi connectivity index (χ1n) is 9.51. The van der Waals surface area contributed by atoms with E-state index >= 15 is 0 Å². The summed E-state index contributed by atoms with van der Waals surface area (Å²) in [7, 11) is 0. The number of carbonyl (C=O) groups excluding carboxylic acids is 1. The van der Waals surface area contributed by atoms with Crippen LogP contribution in [-0.2, 0) is 11.3 Å². The standard InChI is InChI=1S/C21H25N3O3/c1-16(22-18-7-8-19-20(13-18)27-15-26-19)21(25)24-11-9-23(10-12-24)14-17-5-3-2-4-6-17/h2-8,13,16,22H,9-12,14-15H2,1H3/p+1/t16-/m0/s1. The normalized spacial score (nSPS) is 17.6. The summed E-state index contributed by atoms with van der Waals surface area (Å²) in [5.74, 6) is 1.61. The highest BCUT2D eigenvalue weighted by Gasteiger charge is 2.27. The predicted molar refractivity (Wildman–Crippen MR) is 103 cm³/mol. The molecule has 2 aliphatic heterocycles. The van der Waals surface area contributed by atoms with E-state index < -0.39 is 0 Å². The van der Waals surface area contributed by atoms with Crippen molar-refractivity contribution in [2.75, 3.05) is 38.3 Å². The molecular formula is C21H26N3O3+. The first-order valence-corrected chi connectivity index (χ1v) is 9.51. The molecule has 1 saturated heterocycles. The molecule has 0 bridgehead atoms. The molecule has 27 heavy (non-hydrogen) atoms. The van der Waals surface area contributed by atoms with E-state index in [0.717, 1.165) is 49.9 Å². The maximum atomic E-state index is 12.8. The fourth-order valence-corrected chi connectivity index (χ4v) is 3.68. The van der Waals surface area contributed by atoms with Gasteiger partial charge in [0.15, 0.2) is 11.5 Å². The van der Waals surface area contributed by atoms with Gasteiger partial charge in [-0.15, -0.1) is 0 Å². The van der Waals surface area contributed by atoms with E-state index in [1.807, 2.05) is 36.1 Å². The Morgan fingerprint density at radius 3 is 2.63 bits per heavy atom. The Kier molecular flexibility index (Phi) is 5.16. The molecule has 2 aromatic carbocycles. The van der Waals surface area contributed by atoms with Crippen molar-refractivity contribution < 1.29 is 19.2 Å². The summed E-state index contributed by atoms with van der Waals surface area (Å²) in [6, 6.07) is 15.9. The van der Waals surface area contributed by atoms with Crippen molar-refractivity contribution in [1.82, 2.24) is 4.90 Å². The van der Waals surface area contributed by atoms with Crippen LogP contribution in [0.15, 0.2) is 48.5 Å². The van der Waals surface area contributed by atoms with Crippen molar-refractivity contribution in [2.24, 2.45) is 0 Å². The number of hydrogen-bond donors (Lipinski definition) is 2. The lowest BCUT2D eigenvalue weighted by Crippen LogP contribution is -3.13. The SMILES string of the molecule is C[C@H](Nc1ccc2c(c1)OCO2)C(=O)N1CC[NH+](Cc2ccccc2)CC1. The Hall–Kier alpha value is -2.73. The third-order valence-corrected chi connectivity index (χ3v) is 5.21. The first kappa shape index (κ1) is 17.7. The van der Waals surface area contributed by atoms with Gasteiger partial charge in [-0.25, -0.2) is 0 Å². The average Bonchev–Trinajstić information content (AvgIpc) is 3.16. The van der Waals surface area contributed by atoms with Crippen molar-refractivity contribution in [3.8, 4) is 11.5 Å². The highest BCUT2D eigenvalue weighted by molar-refractivity contribution is 5.84. The molecule has 4 rings (SSSR count). The van der Waals surface area contributed by atoms with Gasteiger partial charge < -0.3 is 24.6 Å². The lowest BCUT2D eigenvalue weighted by molar-refractivity contribution is -0.917. The minimum atomic E-state index is -0.277. The summed E-state index contributed by atoms with van der Waals surface area (Å²) in [6.45, 7) is 6.75. The molecule has 0 radical (unpaired) electrons. The minimum absolute atomic E-state index is 0.145. The van der Waals surface area contributed by atoms with Gasteiger partial charge in [0.2, 0.25) is 12.7 Å². The van der Waals surface area contributed by atoms with Gasteiger partial charge in [-0.2, -0.15) is 0 Å². The molecule has 142 valence electrons. The average molecular weight is 368 g/mol. The van der Waals surface area contributed by atoms with Crippen LogP contribution in [0.25, 0.3) is 0 Å². The fraction of sp³-hybridized carbons (Fsp3) is 0.381. The molecule has 0 spiro atoms. The van der Waals surface area contributed by atoms with Gasteiger partial charge in [0.25, 0.3) is 0 Å². The minimum Gasteiger partial charge on any atom is -0.454 e. The lowest BCUT2D eigenvalue weighted by Gasteiger charge is -2.34. The second kappa shape index (κ2) is 7.88. The van der Waals surface area contributed by atoms with Gasteiger partial charge >= 0.3 is 0 Å². The second-order valence-electron chi connectivity index (χ2n) is 7.17. The van der Waals surface area contributed by atoms with E-state index in [-0.39, 0.29) is 18.7 Å². The summed E-state index contributed by atoms with van der Waals surface area (Å²) in [4.78, 5) is 16.3. The number of quaternary nitrogens is 1. The van der Waals surface area contributed by atoms with Gasteiger partial charge in [-0.3, -0.25) is 4.79 Å². The molecule has 0 saturated carbocycles. The van der Waals surface area contributed by atoms with Crippen molar-refractivity contribution >= 4 is 11.6 Å². The molecule has 2 aliphatic rings. The van der Waals surface area contributed by atoms with Crippen molar-refractivity contribution in [3.05, 3.63) is 54.1 Å². The Balaban J connectivity index is 1.28. The predicted octanol–water partition coefficient (Wildman–Crippen LogP) is 1.14. The molecule has 0 aromatic heterocycles. The number of rotatable bonds is 5. The molecule has 1 amide bonds. The number of nitrogens with zero attached hydrogens (tertiary/aromatic N) is 1. The van der Waals surface area contributed by atoms with Crippen molar-refractivity contribution in [1.29, 1.82) is 0 Å². The third-order valence-electron chi connectivity index (χ3n) is 5.21. The fourth-order valence-electron chi connectivity index (χ4n) is 3.68. The molecule has 6 heteroatoms. The third kappa shape index (κ3) is 4.17. The number of carbonyl (C=O) groups is 1. The number of hydrogen-bond acceptors (Lipinski definition) is 4. The number of nitrogens with one attached hydrogen (secondary N) is 2. The zero-order chi connectivity index (χ0) is 18.6. The van der Waals surface area contributed by atoms with Crippen LogP contribution in [-0.4, -0.2) is 49.8 Å². The number of fused-ring (bicyclic) bond motifs is 1. The number of anilines is 1. The summed E-state index contributed by atoms with van der Waals surface area (Å²) in [6.07, 6.45) is 0. The van der Waals surface area contributed by atoms with E-state index in [4.69, 9.17) is 9.47 Å². The van der Waals surface area contributed by atoms with E-state index in [1.54, 1.807) is 0 Å². The molecule has 0 aliphatic carbocycles.